The van der Waals surface area contributed by atoms with Gasteiger partial charge in [-0.1, -0.05) is 11.6 Å². The molecule has 3 heterocycles. The minimum atomic E-state index is 0.00251. The smallest absolute Gasteiger partial charge is 0.231 e. The predicted molar refractivity (Wildman–Crippen MR) is 115 cm³/mol. The number of carbonyl (C=O) groups excluding carboxylic acids is 1. The molecule has 2 aromatic heterocycles. The highest BCUT2D eigenvalue weighted by Crippen LogP contribution is 2.33. The van der Waals surface area contributed by atoms with E-state index in [1.165, 1.54) is 31.3 Å². The van der Waals surface area contributed by atoms with Crippen LogP contribution in [0.4, 0.5) is 5.82 Å². The number of fused-ring (bicyclic) bond motifs is 1. The van der Waals surface area contributed by atoms with Gasteiger partial charge in [0.25, 0.3) is 0 Å². The van der Waals surface area contributed by atoms with Gasteiger partial charge in [0.2, 0.25) is 11.6 Å². The van der Waals surface area contributed by atoms with Gasteiger partial charge >= 0.3 is 0 Å². The molecular formula is C23H32N4O2. The summed E-state index contributed by atoms with van der Waals surface area (Å²) in [5.41, 5.74) is 3.24. The minimum absolute atomic E-state index is 0.00251. The summed E-state index contributed by atoms with van der Waals surface area (Å²) in [6, 6.07) is 0. The van der Waals surface area contributed by atoms with Gasteiger partial charge in [-0.3, -0.25) is 4.79 Å². The van der Waals surface area contributed by atoms with Gasteiger partial charge in [0, 0.05) is 25.2 Å². The normalized spacial score (nSPS) is 20.0. The van der Waals surface area contributed by atoms with Gasteiger partial charge in [-0.15, -0.1) is 0 Å². The quantitative estimate of drug-likeness (QED) is 0.760. The zero-order chi connectivity index (χ0) is 20.4. The van der Waals surface area contributed by atoms with E-state index in [-0.39, 0.29) is 11.8 Å². The number of amides is 1. The summed E-state index contributed by atoms with van der Waals surface area (Å²) >= 11 is 0. The predicted octanol–water partition coefficient (Wildman–Crippen LogP) is 4.37. The van der Waals surface area contributed by atoms with E-state index >= 15 is 0 Å². The lowest BCUT2D eigenvalue weighted by Crippen LogP contribution is -2.43. The first-order valence-electron chi connectivity index (χ1n) is 11.0. The third-order valence-electron chi connectivity index (χ3n) is 6.34. The van der Waals surface area contributed by atoms with Crippen molar-refractivity contribution in [1.29, 1.82) is 0 Å². The van der Waals surface area contributed by atoms with Crippen LogP contribution in [-0.2, 0) is 4.79 Å². The van der Waals surface area contributed by atoms with Crippen molar-refractivity contribution in [3.05, 3.63) is 28.8 Å². The van der Waals surface area contributed by atoms with E-state index in [2.05, 4.69) is 28.2 Å². The number of piperidine rings is 1. The first-order chi connectivity index (χ1) is 14.0. The maximum atomic E-state index is 12.8. The van der Waals surface area contributed by atoms with Gasteiger partial charge in [0.15, 0.2) is 0 Å². The summed E-state index contributed by atoms with van der Waals surface area (Å²) in [5, 5.41) is 4.16. The molecule has 1 amide bonds. The van der Waals surface area contributed by atoms with Crippen molar-refractivity contribution in [2.24, 2.45) is 5.92 Å². The molecule has 2 aliphatic rings. The molecule has 0 aromatic carbocycles. The summed E-state index contributed by atoms with van der Waals surface area (Å²) in [6.07, 6.45) is 10.2. The first-order valence-corrected chi connectivity index (χ1v) is 11.0. The number of aromatic nitrogens is 2. The highest BCUT2D eigenvalue weighted by atomic mass is 16.3. The monoisotopic (exact) mass is 396 g/mol. The fourth-order valence-corrected chi connectivity index (χ4v) is 4.57. The Morgan fingerprint density at radius 3 is 2.90 bits per heavy atom. The summed E-state index contributed by atoms with van der Waals surface area (Å²) < 4.78 is 5.83. The van der Waals surface area contributed by atoms with Crippen molar-refractivity contribution in [2.75, 3.05) is 24.5 Å². The molecule has 1 saturated heterocycles. The maximum absolute atomic E-state index is 12.8. The molecule has 0 saturated carbocycles. The molecule has 4 rings (SSSR count). The topological polar surface area (TPSA) is 71.3 Å². The lowest BCUT2D eigenvalue weighted by Gasteiger charge is -2.33. The molecule has 1 fully saturated rings. The molecule has 29 heavy (non-hydrogen) atoms. The number of hydrogen-bond acceptors (Lipinski definition) is 5. The molecule has 1 aliphatic carbocycles. The summed E-state index contributed by atoms with van der Waals surface area (Å²) in [5.74, 6) is 2.67. The molecule has 6 heteroatoms. The maximum Gasteiger partial charge on any atom is 0.231 e. The van der Waals surface area contributed by atoms with Crippen LogP contribution in [0.1, 0.15) is 62.1 Å². The number of hydrogen-bond donors (Lipinski definition) is 1. The van der Waals surface area contributed by atoms with Crippen LogP contribution in [-0.4, -0.2) is 35.5 Å². The number of anilines is 1. The van der Waals surface area contributed by atoms with Crippen molar-refractivity contribution in [3.8, 4) is 0 Å². The number of allylic oxidation sites excluding steroid dienone is 1. The summed E-state index contributed by atoms with van der Waals surface area (Å²) in [7, 11) is 0. The Hall–Kier alpha value is -2.37. The van der Waals surface area contributed by atoms with E-state index in [1.807, 2.05) is 13.8 Å². The van der Waals surface area contributed by atoms with Gasteiger partial charge in [-0.05, 0) is 65.7 Å². The van der Waals surface area contributed by atoms with E-state index in [0.717, 1.165) is 54.9 Å². The Kier molecular flexibility index (Phi) is 5.88. The number of rotatable bonds is 5. The lowest BCUT2D eigenvalue weighted by atomic mass is 9.95. The molecule has 156 valence electrons. The Balaban J connectivity index is 1.44. The van der Waals surface area contributed by atoms with E-state index in [1.54, 1.807) is 0 Å². The zero-order valence-electron chi connectivity index (χ0n) is 17.9. The fraction of sp³-hybridized carbons (Fsp3) is 0.609. The van der Waals surface area contributed by atoms with Crippen LogP contribution in [0.25, 0.3) is 11.1 Å². The second-order valence-corrected chi connectivity index (χ2v) is 8.49. The van der Waals surface area contributed by atoms with Crippen LogP contribution < -0.4 is 10.2 Å². The van der Waals surface area contributed by atoms with Gasteiger partial charge in [0.05, 0.1) is 11.3 Å². The molecule has 2 aromatic rings. The number of carbonyl (C=O) groups is 1. The molecule has 0 spiro atoms. The van der Waals surface area contributed by atoms with Gasteiger partial charge in [-0.25, -0.2) is 4.98 Å². The molecule has 1 N–H and O–H groups in total. The van der Waals surface area contributed by atoms with Gasteiger partial charge in [0.1, 0.15) is 17.4 Å². The minimum Gasteiger partial charge on any atom is -0.443 e. The molecule has 1 unspecified atom stereocenters. The van der Waals surface area contributed by atoms with Crippen LogP contribution in [0, 0.1) is 26.7 Å². The van der Waals surface area contributed by atoms with Crippen LogP contribution in [0.2, 0.25) is 0 Å². The Morgan fingerprint density at radius 2 is 2.10 bits per heavy atom. The Labute approximate surface area is 172 Å². The largest absolute Gasteiger partial charge is 0.443 e. The third kappa shape index (κ3) is 4.31. The van der Waals surface area contributed by atoms with E-state index in [4.69, 9.17) is 9.40 Å². The zero-order valence-corrected chi connectivity index (χ0v) is 17.9. The average Bonchev–Trinajstić information content (AvgIpc) is 3.01. The molecule has 1 aliphatic heterocycles. The molecular weight excluding hydrogens is 364 g/mol. The average molecular weight is 397 g/mol. The van der Waals surface area contributed by atoms with Crippen molar-refractivity contribution in [3.63, 3.8) is 0 Å². The third-order valence-corrected chi connectivity index (χ3v) is 6.34. The van der Waals surface area contributed by atoms with Crippen LogP contribution in [0.3, 0.4) is 0 Å². The van der Waals surface area contributed by atoms with Gasteiger partial charge in [-0.2, -0.15) is 4.98 Å². The standard InChI is InChI=1S/C23H32N4O2/c1-15-16(2)29-23-20(15)21(25-17(3)26-23)27-13-7-10-19(14-27)22(28)24-12-11-18-8-5-4-6-9-18/h8,19H,4-7,9-14H2,1-3H3,(H,24,28). The fourth-order valence-electron chi connectivity index (χ4n) is 4.57. The first kappa shape index (κ1) is 19.9. The van der Waals surface area contributed by atoms with Crippen molar-refractivity contribution < 1.29 is 9.21 Å². The lowest BCUT2D eigenvalue weighted by molar-refractivity contribution is -0.125. The van der Waals surface area contributed by atoms with E-state index in [0.29, 0.717) is 18.1 Å². The van der Waals surface area contributed by atoms with E-state index in [9.17, 15) is 4.79 Å². The van der Waals surface area contributed by atoms with Gasteiger partial charge < -0.3 is 14.6 Å². The number of nitrogens with zero attached hydrogens (tertiary/aromatic N) is 3. The highest BCUT2D eigenvalue weighted by Gasteiger charge is 2.29. The van der Waals surface area contributed by atoms with Crippen LogP contribution >= 0.6 is 0 Å². The number of aryl methyl sites for hydroxylation is 3. The van der Waals surface area contributed by atoms with Crippen LogP contribution in [0.5, 0.6) is 0 Å². The molecule has 0 radical (unpaired) electrons. The summed E-state index contributed by atoms with van der Waals surface area (Å²) in [4.78, 5) is 24.3. The SMILES string of the molecule is Cc1nc(N2CCCC(C(=O)NCCC3=CCCCC3)C2)c2c(C)c(C)oc2n1. The Bertz CT molecular complexity index is 931. The van der Waals surface area contributed by atoms with Crippen molar-refractivity contribution >= 4 is 22.8 Å². The van der Waals surface area contributed by atoms with Crippen LogP contribution in [0.15, 0.2) is 16.1 Å². The number of nitrogens with one attached hydrogen (secondary N) is 1. The Morgan fingerprint density at radius 1 is 1.24 bits per heavy atom. The van der Waals surface area contributed by atoms with Crippen molar-refractivity contribution in [1.82, 2.24) is 15.3 Å². The van der Waals surface area contributed by atoms with E-state index < -0.39 is 0 Å². The van der Waals surface area contributed by atoms with Crippen molar-refractivity contribution in [2.45, 2.75) is 65.7 Å². The molecule has 0 bridgehead atoms. The second kappa shape index (κ2) is 8.56. The molecule has 1 atom stereocenters. The molecule has 6 nitrogen and oxygen atoms in total. The summed E-state index contributed by atoms with van der Waals surface area (Å²) in [6.45, 7) is 8.26. The highest BCUT2D eigenvalue weighted by molar-refractivity contribution is 5.90. The number of furan rings is 1. The second-order valence-electron chi connectivity index (χ2n) is 8.49.